The summed E-state index contributed by atoms with van der Waals surface area (Å²) in [6.45, 7) is 5.73. The van der Waals surface area contributed by atoms with Crippen LogP contribution in [-0.2, 0) is 4.79 Å². The molecule has 0 fully saturated rings. The molecule has 70 valence electrons. The highest BCUT2D eigenvalue weighted by atomic mass is 16.2. The van der Waals surface area contributed by atoms with Gasteiger partial charge in [0.25, 0.3) is 0 Å². The number of aromatic nitrogens is 3. The van der Waals surface area contributed by atoms with Crippen LogP contribution in [0.2, 0.25) is 0 Å². The predicted octanol–water partition coefficient (Wildman–Crippen LogP) is 0.141. The molecule has 0 saturated carbocycles. The van der Waals surface area contributed by atoms with E-state index >= 15 is 0 Å². The van der Waals surface area contributed by atoms with Gasteiger partial charge in [-0.2, -0.15) is 5.10 Å². The van der Waals surface area contributed by atoms with Crippen molar-refractivity contribution in [1.29, 1.82) is 0 Å². The molecule has 0 aliphatic rings. The van der Waals surface area contributed by atoms with Crippen LogP contribution in [0.1, 0.15) is 13.0 Å². The van der Waals surface area contributed by atoms with Gasteiger partial charge in [0, 0.05) is 6.54 Å². The maximum Gasteiger partial charge on any atom is 0.244 e. The topological polar surface area (TPSA) is 59.8 Å². The van der Waals surface area contributed by atoms with Crippen LogP contribution in [0, 0.1) is 0 Å². The Kier molecular flexibility index (Phi) is 3.19. The number of rotatable bonds is 4. The zero-order chi connectivity index (χ0) is 9.68. The Bertz CT molecular complexity index is 280. The highest BCUT2D eigenvalue weighted by Crippen LogP contribution is 2.00. The van der Waals surface area contributed by atoms with Gasteiger partial charge in [-0.25, -0.2) is 9.67 Å². The summed E-state index contributed by atoms with van der Waals surface area (Å²) in [7, 11) is 0. The number of carbonyl (C=O) groups is 1. The number of nitrogens with zero attached hydrogens (tertiary/aromatic N) is 3. The van der Waals surface area contributed by atoms with E-state index < -0.39 is 0 Å². The maximum atomic E-state index is 11.4. The lowest BCUT2D eigenvalue weighted by molar-refractivity contribution is -0.123. The average molecular weight is 180 g/mol. The van der Waals surface area contributed by atoms with Gasteiger partial charge in [0.1, 0.15) is 18.7 Å². The van der Waals surface area contributed by atoms with Crippen molar-refractivity contribution >= 4 is 5.91 Å². The maximum absolute atomic E-state index is 11.4. The van der Waals surface area contributed by atoms with Crippen LogP contribution in [0.5, 0.6) is 0 Å². The summed E-state index contributed by atoms with van der Waals surface area (Å²) < 4.78 is 1.50. The SMILES string of the molecule is C=CCNC(=O)C(C)n1cncn1. The Morgan fingerprint density at radius 1 is 1.85 bits per heavy atom. The number of amides is 1. The molecule has 0 aliphatic carbocycles. The smallest absolute Gasteiger partial charge is 0.244 e. The van der Waals surface area contributed by atoms with Crippen molar-refractivity contribution in [1.82, 2.24) is 20.1 Å². The molecule has 0 aliphatic heterocycles. The monoisotopic (exact) mass is 180 g/mol. The minimum atomic E-state index is -0.331. The lowest BCUT2D eigenvalue weighted by Gasteiger charge is -2.10. The van der Waals surface area contributed by atoms with E-state index in [1.54, 1.807) is 13.0 Å². The van der Waals surface area contributed by atoms with Crippen molar-refractivity contribution in [2.24, 2.45) is 0 Å². The molecular formula is C8H12N4O. The molecule has 1 amide bonds. The second-order valence-corrected chi connectivity index (χ2v) is 2.59. The van der Waals surface area contributed by atoms with Crippen LogP contribution in [0.15, 0.2) is 25.3 Å². The second-order valence-electron chi connectivity index (χ2n) is 2.59. The van der Waals surface area contributed by atoms with Crippen LogP contribution in [-0.4, -0.2) is 27.2 Å². The molecule has 1 N–H and O–H groups in total. The largest absolute Gasteiger partial charge is 0.351 e. The number of nitrogens with one attached hydrogen (secondary N) is 1. The van der Waals surface area contributed by atoms with E-state index in [0.717, 1.165) is 0 Å². The first kappa shape index (κ1) is 9.44. The second kappa shape index (κ2) is 4.39. The van der Waals surface area contributed by atoms with Crippen LogP contribution >= 0.6 is 0 Å². The summed E-state index contributed by atoms with van der Waals surface area (Å²) in [4.78, 5) is 15.1. The van der Waals surface area contributed by atoms with E-state index in [1.165, 1.54) is 17.3 Å². The molecule has 13 heavy (non-hydrogen) atoms. The molecule has 1 heterocycles. The van der Waals surface area contributed by atoms with Crippen molar-refractivity contribution in [3.63, 3.8) is 0 Å². The molecule has 5 heteroatoms. The van der Waals surface area contributed by atoms with Crippen molar-refractivity contribution in [2.45, 2.75) is 13.0 Å². The van der Waals surface area contributed by atoms with Gasteiger partial charge in [0.05, 0.1) is 0 Å². The Morgan fingerprint density at radius 2 is 2.62 bits per heavy atom. The fourth-order valence-corrected chi connectivity index (χ4v) is 0.858. The van der Waals surface area contributed by atoms with E-state index in [2.05, 4.69) is 22.0 Å². The molecule has 5 nitrogen and oxygen atoms in total. The molecule has 1 aromatic heterocycles. The molecular weight excluding hydrogens is 168 g/mol. The molecule has 0 aromatic carbocycles. The van der Waals surface area contributed by atoms with Gasteiger partial charge in [-0.15, -0.1) is 6.58 Å². The minimum absolute atomic E-state index is 0.0922. The normalized spacial score (nSPS) is 12.1. The molecule has 0 spiro atoms. The molecule has 1 aromatic rings. The highest BCUT2D eigenvalue weighted by molar-refractivity contribution is 5.79. The summed E-state index contributed by atoms with van der Waals surface area (Å²) in [6.07, 6.45) is 4.54. The first-order valence-corrected chi connectivity index (χ1v) is 3.98. The van der Waals surface area contributed by atoms with Gasteiger partial charge < -0.3 is 5.32 Å². The number of carbonyl (C=O) groups excluding carboxylic acids is 1. The third-order valence-electron chi connectivity index (χ3n) is 1.63. The highest BCUT2D eigenvalue weighted by Gasteiger charge is 2.13. The summed E-state index contributed by atoms with van der Waals surface area (Å²) >= 11 is 0. The predicted molar refractivity (Wildman–Crippen MR) is 47.9 cm³/mol. The van der Waals surface area contributed by atoms with Crippen molar-refractivity contribution in [3.05, 3.63) is 25.3 Å². The van der Waals surface area contributed by atoms with Crippen LogP contribution in [0.3, 0.4) is 0 Å². The van der Waals surface area contributed by atoms with Crippen molar-refractivity contribution < 1.29 is 4.79 Å². The minimum Gasteiger partial charge on any atom is -0.351 e. The number of hydrogen-bond acceptors (Lipinski definition) is 3. The van der Waals surface area contributed by atoms with E-state index in [9.17, 15) is 4.79 Å². The van der Waals surface area contributed by atoms with Crippen molar-refractivity contribution in [2.75, 3.05) is 6.54 Å². The molecule has 0 bridgehead atoms. The number of hydrogen-bond donors (Lipinski definition) is 1. The molecule has 1 rings (SSSR count). The quantitative estimate of drug-likeness (QED) is 0.670. The van der Waals surface area contributed by atoms with Gasteiger partial charge in [-0.1, -0.05) is 6.08 Å². The van der Waals surface area contributed by atoms with E-state index in [4.69, 9.17) is 0 Å². The van der Waals surface area contributed by atoms with Gasteiger partial charge in [-0.3, -0.25) is 4.79 Å². The molecule has 1 atom stereocenters. The first-order valence-electron chi connectivity index (χ1n) is 3.98. The standard InChI is InChI=1S/C8H12N4O/c1-3-4-10-8(13)7(2)12-6-9-5-11-12/h3,5-7H,1,4H2,2H3,(H,10,13). The summed E-state index contributed by atoms with van der Waals surface area (Å²) in [5.41, 5.74) is 0. The van der Waals surface area contributed by atoms with Gasteiger partial charge in [0.15, 0.2) is 0 Å². The summed E-state index contributed by atoms with van der Waals surface area (Å²) in [5.74, 6) is -0.0922. The summed E-state index contributed by atoms with van der Waals surface area (Å²) in [5, 5.41) is 6.54. The first-order chi connectivity index (χ1) is 6.25. The zero-order valence-electron chi connectivity index (χ0n) is 7.47. The van der Waals surface area contributed by atoms with E-state index in [-0.39, 0.29) is 11.9 Å². The van der Waals surface area contributed by atoms with Crippen molar-refractivity contribution in [3.8, 4) is 0 Å². The van der Waals surface area contributed by atoms with Crippen LogP contribution in [0.4, 0.5) is 0 Å². The fourth-order valence-electron chi connectivity index (χ4n) is 0.858. The molecule has 1 unspecified atom stereocenters. The van der Waals surface area contributed by atoms with E-state index in [0.29, 0.717) is 6.54 Å². The van der Waals surface area contributed by atoms with E-state index in [1.807, 2.05) is 0 Å². The Balaban J connectivity index is 2.52. The summed E-state index contributed by atoms with van der Waals surface area (Å²) in [6, 6.07) is -0.331. The fraction of sp³-hybridized carbons (Fsp3) is 0.375. The lowest BCUT2D eigenvalue weighted by Crippen LogP contribution is -2.31. The average Bonchev–Trinajstić information content (AvgIpc) is 2.65. The molecule has 0 radical (unpaired) electrons. The Hall–Kier alpha value is -1.65. The zero-order valence-corrected chi connectivity index (χ0v) is 7.47. The van der Waals surface area contributed by atoms with Gasteiger partial charge in [0.2, 0.25) is 5.91 Å². The van der Waals surface area contributed by atoms with Crippen LogP contribution in [0.25, 0.3) is 0 Å². The van der Waals surface area contributed by atoms with Gasteiger partial charge in [-0.05, 0) is 6.92 Å². The Labute approximate surface area is 76.5 Å². The molecule has 0 saturated heterocycles. The third kappa shape index (κ3) is 2.40. The third-order valence-corrected chi connectivity index (χ3v) is 1.63. The van der Waals surface area contributed by atoms with Gasteiger partial charge >= 0.3 is 0 Å². The lowest BCUT2D eigenvalue weighted by atomic mass is 10.3. The van der Waals surface area contributed by atoms with Crippen LogP contribution < -0.4 is 5.32 Å². The Morgan fingerprint density at radius 3 is 3.15 bits per heavy atom.